The number of carbonyl (C=O) groups is 2. The summed E-state index contributed by atoms with van der Waals surface area (Å²) in [5.41, 5.74) is 2.53. The van der Waals surface area contributed by atoms with Gasteiger partial charge >= 0.3 is 5.97 Å². The quantitative estimate of drug-likeness (QED) is 0.129. The zero-order chi connectivity index (χ0) is 33.2. The van der Waals surface area contributed by atoms with E-state index >= 15 is 0 Å². The van der Waals surface area contributed by atoms with Gasteiger partial charge in [0, 0.05) is 17.3 Å². The molecule has 1 amide bonds. The first kappa shape index (κ1) is 33.0. The number of nitrogens with zero attached hydrogens (tertiary/aromatic N) is 2. The van der Waals surface area contributed by atoms with Crippen LogP contribution in [0.25, 0.3) is 6.08 Å². The summed E-state index contributed by atoms with van der Waals surface area (Å²) in [6.45, 7) is 3.45. The third-order valence-corrected chi connectivity index (χ3v) is 9.77. The second-order valence-corrected chi connectivity index (χ2v) is 13.3. The van der Waals surface area contributed by atoms with E-state index in [-0.39, 0.29) is 39.9 Å². The summed E-state index contributed by atoms with van der Waals surface area (Å²) in [6.07, 6.45) is 1.44. The van der Waals surface area contributed by atoms with Gasteiger partial charge in [-0.1, -0.05) is 53.0 Å². The Morgan fingerprint density at radius 2 is 1.63 bits per heavy atom. The van der Waals surface area contributed by atoms with Crippen molar-refractivity contribution in [1.82, 2.24) is 4.31 Å². The highest BCUT2D eigenvalue weighted by molar-refractivity contribution is 7.89. The molecule has 1 aliphatic heterocycles. The summed E-state index contributed by atoms with van der Waals surface area (Å²) in [6, 6.07) is 21.6. The molecular formula is C34H30Cl2N2O7S. The summed E-state index contributed by atoms with van der Waals surface area (Å²) in [5.74, 6) is -0.213. The van der Waals surface area contributed by atoms with Crippen LogP contribution in [0.1, 0.15) is 29.6 Å². The van der Waals surface area contributed by atoms with Crippen LogP contribution in [0.15, 0.2) is 105 Å². The summed E-state index contributed by atoms with van der Waals surface area (Å²) < 4.78 is 45.1. The molecule has 0 aliphatic carbocycles. The molecule has 238 valence electrons. The Morgan fingerprint density at radius 3 is 2.26 bits per heavy atom. The number of aryl methyl sites for hydroxylation is 1. The Hall–Kier alpha value is -4.35. The third kappa shape index (κ3) is 6.75. The molecule has 9 nitrogen and oxygen atoms in total. The topological polar surface area (TPSA) is 106 Å². The van der Waals surface area contributed by atoms with Gasteiger partial charge in [0.05, 0.1) is 47.5 Å². The smallest absolute Gasteiger partial charge is 0.340 e. The van der Waals surface area contributed by atoms with E-state index in [1.54, 1.807) is 85.8 Å². The molecule has 1 aromatic heterocycles. The van der Waals surface area contributed by atoms with E-state index in [2.05, 4.69) is 0 Å². The maximum Gasteiger partial charge on any atom is 0.340 e. The Balaban J connectivity index is 1.48. The van der Waals surface area contributed by atoms with Gasteiger partial charge in [-0.15, -0.1) is 0 Å². The zero-order valence-electron chi connectivity index (χ0n) is 25.4. The number of sulfonamides is 1. The van der Waals surface area contributed by atoms with Crippen LogP contribution in [-0.2, 0) is 37.4 Å². The molecule has 0 spiro atoms. The molecule has 0 radical (unpaired) electrons. The molecule has 0 unspecified atom stereocenters. The third-order valence-electron chi connectivity index (χ3n) is 7.42. The lowest BCUT2D eigenvalue weighted by Crippen LogP contribution is -2.30. The molecule has 0 atom stereocenters. The largest absolute Gasteiger partial charge is 0.495 e. The van der Waals surface area contributed by atoms with Gasteiger partial charge in [-0.3, -0.25) is 9.69 Å². The minimum Gasteiger partial charge on any atom is -0.495 e. The van der Waals surface area contributed by atoms with Gasteiger partial charge in [-0.2, -0.15) is 4.31 Å². The molecule has 3 aromatic carbocycles. The molecule has 46 heavy (non-hydrogen) atoms. The van der Waals surface area contributed by atoms with E-state index in [0.29, 0.717) is 27.9 Å². The van der Waals surface area contributed by atoms with Crippen molar-refractivity contribution in [1.29, 1.82) is 0 Å². The van der Waals surface area contributed by atoms with Gasteiger partial charge in [-0.05, 0) is 80.1 Å². The fourth-order valence-corrected chi connectivity index (χ4v) is 6.81. The molecule has 0 saturated heterocycles. The fourth-order valence-electron chi connectivity index (χ4n) is 5.04. The fraction of sp³-hybridized carbons (Fsp3) is 0.176. The summed E-state index contributed by atoms with van der Waals surface area (Å²) in [5, 5.41) is 0.822. The predicted octanol–water partition coefficient (Wildman–Crippen LogP) is 7.17. The number of ether oxygens (including phenoxy) is 2. The highest BCUT2D eigenvalue weighted by Crippen LogP contribution is 2.38. The van der Waals surface area contributed by atoms with E-state index in [0.717, 1.165) is 11.1 Å². The highest BCUT2D eigenvalue weighted by atomic mass is 35.5. The number of hydrogen-bond donors (Lipinski definition) is 0. The maximum atomic E-state index is 13.8. The monoisotopic (exact) mass is 680 g/mol. The van der Waals surface area contributed by atoms with Crippen LogP contribution in [0, 0.1) is 6.92 Å². The van der Waals surface area contributed by atoms with Crippen molar-refractivity contribution in [2.24, 2.45) is 0 Å². The van der Waals surface area contributed by atoms with E-state index in [1.165, 1.54) is 29.5 Å². The van der Waals surface area contributed by atoms with Gasteiger partial charge in [0.15, 0.2) is 0 Å². The van der Waals surface area contributed by atoms with Gasteiger partial charge in [-0.25, -0.2) is 13.2 Å². The van der Waals surface area contributed by atoms with Crippen molar-refractivity contribution >= 4 is 56.9 Å². The Morgan fingerprint density at radius 1 is 0.935 bits per heavy atom. The average molecular weight is 682 g/mol. The average Bonchev–Trinajstić information content (AvgIpc) is 3.58. The minimum atomic E-state index is -3.95. The Bertz CT molecular complexity index is 1970. The van der Waals surface area contributed by atoms with Crippen molar-refractivity contribution in [2.75, 3.05) is 19.1 Å². The number of halogens is 2. The van der Waals surface area contributed by atoms with Crippen molar-refractivity contribution in [3.05, 3.63) is 128 Å². The normalized spacial score (nSPS) is 14.5. The van der Waals surface area contributed by atoms with Crippen LogP contribution < -0.4 is 9.64 Å². The number of hydrogen-bond acceptors (Lipinski definition) is 7. The Labute approximate surface area is 277 Å². The number of rotatable bonds is 10. The molecule has 4 aromatic rings. The molecule has 0 bridgehead atoms. The number of methoxy groups -OCH3 is 2. The number of carbonyl (C=O) groups excluding carboxylic acids is 2. The second-order valence-electron chi connectivity index (χ2n) is 10.5. The standard InChI is InChI=1S/C34H30Cl2N2O7S/c1-21-5-14-28(15-6-21)46(41,42)37(19-23-7-9-24(35)10-8-23)20-27-13-12-26(45-27)18-29-32(34(40)44-4)22(2)38(33(29)39)25-11-16-31(43-3)30(36)17-25/h5-18H,19-20H2,1-4H3/b29-18+. The van der Waals surface area contributed by atoms with Crippen LogP contribution in [0.3, 0.4) is 0 Å². The lowest BCUT2D eigenvalue weighted by molar-refractivity contribution is -0.136. The van der Waals surface area contributed by atoms with Crippen LogP contribution in [0.2, 0.25) is 10.0 Å². The van der Waals surface area contributed by atoms with Gasteiger partial charge in [0.25, 0.3) is 5.91 Å². The summed E-state index contributed by atoms with van der Waals surface area (Å²) >= 11 is 12.4. The first-order valence-electron chi connectivity index (χ1n) is 14.0. The number of benzene rings is 3. The number of allylic oxidation sites excluding steroid dienone is 1. The molecule has 12 heteroatoms. The molecule has 2 heterocycles. The van der Waals surface area contributed by atoms with E-state index in [4.69, 9.17) is 37.1 Å². The number of amides is 1. The molecule has 0 N–H and O–H groups in total. The Kier molecular flexibility index (Phi) is 9.74. The zero-order valence-corrected chi connectivity index (χ0v) is 27.7. The number of anilines is 1. The number of furan rings is 1. The van der Waals surface area contributed by atoms with Crippen molar-refractivity contribution in [3.8, 4) is 5.75 Å². The molecular weight excluding hydrogens is 651 g/mol. The molecule has 0 saturated carbocycles. The summed E-state index contributed by atoms with van der Waals surface area (Å²) in [7, 11) is -1.24. The predicted molar refractivity (Wildman–Crippen MR) is 176 cm³/mol. The van der Waals surface area contributed by atoms with E-state index in [9.17, 15) is 18.0 Å². The van der Waals surface area contributed by atoms with Crippen LogP contribution in [0.5, 0.6) is 5.75 Å². The first-order valence-corrected chi connectivity index (χ1v) is 16.2. The first-order chi connectivity index (χ1) is 21.9. The van der Waals surface area contributed by atoms with Crippen LogP contribution >= 0.6 is 23.2 Å². The highest BCUT2D eigenvalue weighted by Gasteiger charge is 2.38. The second kappa shape index (κ2) is 13.6. The SMILES string of the molecule is COC(=O)C1=C(C)N(c2ccc(OC)c(Cl)c2)C(=O)/C1=C/c1ccc(CN(Cc2ccc(Cl)cc2)S(=O)(=O)c2ccc(C)cc2)o1. The minimum absolute atomic E-state index is 0.0440. The molecule has 0 fully saturated rings. The van der Waals surface area contributed by atoms with Crippen molar-refractivity contribution in [3.63, 3.8) is 0 Å². The van der Waals surface area contributed by atoms with E-state index < -0.39 is 21.9 Å². The lowest BCUT2D eigenvalue weighted by Gasteiger charge is -2.21. The molecule has 1 aliphatic rings. The van der Waals surface area contributed by atoms with Crippen LogP contribution in [-0.4, -0.2) is 38.8 Å². The van der Waals surface area contributed by atoms with E-state index in [1.807, 2.05) is 6.92 Å². The van der Waals surface area contributed by atoms with Gasteiger partial charge in [0.2, 0.25) is 10.0 Å². The van der Waals surface area contributed by atoms with Crippen molar-refractivity contribution in [2.45, 2.75) is 31.8 Å². The summed E-state index contributed by atoms with van der Waals surface area (Å²) in [4.78, 5) is 28.1. The van der Waals surface area contributed by atoms with Crippen molar-refractivity contribution < 1.29 is 31.9 Å². The lowest BCUT2D eigenvalue weighted by atomic mass is 10.1. The van der Waals surface area contributed by atoms with Gasteiger partial charge < -0.3 is 13.9 Å². The van der Waals surface area contributed by atoms with Gasteiger partial charge in [0.1, 0.15) is 17.3 Å². The maximum absolute atomic E-state index is 13.8. The number of esters is 1. The molecule has 5 rings (SSSR count). The van der Waals surface area contributed by atoms with Crippen LogP contribution in [0.4, 0.5) is 5.69 Å².